The molecule has 0 aliphatic carbocycles. The first kappa shape index (κ1) is 25.3. The van der Waals surface area contributed by atoms with E-state index >= 15 is 0 Å². The van der Waals surface area contributed by atoms with Crippen LogP contribution in [0.1, 0.15) is 37.8 Å². The van der Waals surface area contributed by atoms with Crippen molar-refractivity contribution in [2.24, 2.45) is 5.92 Å². The van der Waals surface area contributed by atoms with E-state index in [2.05, 4.69) is 82.6 Å². The van der Waals surface area contributed by atoms with Crippen LogP contribution in [0.15, 0.2) is 60.7 Å². The van der Waals surface area contributed by atoms with Gasteiger partial charge in [-0.1, -0.05) is 49.7 Å². The summed E-state index contributed by atoms with van der Waals surface area (Å²) in [5.41, 5.74) is 6.20. The standard InChI is InChI=1S/C15H18.C10H9N2O2.3CH3.Sn/c1-3-4-7-13-11-10-12(2)14-8-5-6-9-15(13)14;1-7-9(13)11-12(10(7)14)8-5-3-2-4-6-8;;;;/h5-6,8-11H,3-4,7H2,1-2H3;3-7H,1H3,(H,11,13);3*1H3;. The normalized spacial score (nSPS) is 15.9. The van der Waals surface area contributed by atoms with Gasteiger partial charge in [0.25, 0.3) is 0 Å². The van der Waals surface area contributed by atoms with Crippen molar-refractivity contribution in [3.63, 3.8) is 0 Å². The van der Waals surface area contributed by atoms with Crippen molar-refractivity contribution < 1.29 is 9.59 Å². The fourth-order valence-corrected chi connectivity index (χ4v) is 7.30. The number of rotatable bonds is 5. The number of carbonyl (C=O) groups is 2. The number of aryl methyl sites for hydroxylation is 2. The number of hydrogen-bond donors (Lipinski definition) is 1. The largest absolute Gasteiger partial charge is 0.0654 e. The second-order valence-corrected chi connectivity index (χ2v) is 24.4. The van der Waals surface area contributed by atoms with E-state index in [9.17, 15) is 9.59 Å². The number of fused-ring (bicyclic) bond motifs is 1. The Morgan fingerprint density at radius 3 is 2.09 bits per heavy atom. The Balaban J connectivity index is 0.000000189. The summed E-state index contributed by atoms with van der Waals surface area (Å²) in [7, 11) is 0. The van der Waals surface area contributed by atoms with Crippen LogP contribution in [-0.4, -0.2) is 30.2 Å². The van der Waals surface area contributed by atoms with Crippen molar-refractivity contribution >= 4 is 50.2 Å². The number of hydrogen-bond acceptors (Lipinski definition) is 2. The van der Waals surface area contributed by atoms with Gasteiger partial charge in [-0.2, -0.15) is 0 Å². The van der Waals surface area contributed by atoms with E-state index in [0.29, 0.717) is 0 Å². The van der Waals surface area contributed by atoms with Crippen molar-refractivity contribution in [3.8, 4) is 0 Å². The molecule has 1 aliphatic heterocycles. The Bertz CT molecular complexity index is 1130. The van der Waals surface area contributed by atoms with Crippen molar-refractivity contribution in [1.82, 2.24) is 5.43 Å². The molecule has 1 heterocycles. The summed E-state index contributed by atoms with van der Waals surface area (Å²) in [6.45, 7) is 6.06. The first-order valence-electron chi connectivity index (χ1n) is 11.9. The summed E-state index contributed by atoms with van der Waals surface area (Å²) >= 11 is -2.05. The number of unbranched alkanes of at least 4 members (excludes halogenated alkanes) is 1. The van der Waals surface area contributed by atoms with Gasteiger partial charge in [0.1, 0.15) is 0 Å². The molecule has 1 aliphatic rings. The van der Waals surface area contributed by atoms with Gasteiger partial charge in [0.2, 0.25) is 0 Å². The quantitative estimate of drug-likeness (QED) is 0.325. The molecule has 0 spiro atoms. The molecule has 3 aromatic carbocycles. The number of anilines is 1. The first-order chi connectivity index (χ1) is 15.6. The van der Waals surface area contributed by atoms with Crippen LogP contribution < -0.4 is 14.0 Å². The van der Waals surface area contributed by atoms with E-state index < -0.39 is 24.3 Å². The molecule has 0 radical (unpaired) electrons. The van der Waals surface area contributed by atoms with E-state index in [1.54, 1.807) is 6.92 Å². The van der Waals surface area contributed by atoms with Gasteiger partial charge in [0.05, 0.1) is 0 Å². The van der Waals surface area contributed by atoms with Crippen LogP contribution in [0, 0.1) is 12.8 Å². The molecule has 5 heteroatoms. The SMILES string of the molecule is CC1C(=O)NN(c2cc[c]([Sn]([CH3])([CH3])[CH3])cc2)C1=O.CCCCc1ccc(C)c2ccccc12. The first-order valence-corrected chi connectivity index (χ1v) is 21.8. The molecule has 0 bridgehead atoms. The topological polar surface area (TPSA) is 49.4 Å². The third-order valence-electron chi connectivity index (χ3n) is 6.23. The van der Waals surface area contributed by atoms with Crippen molar-refractivity contribution in [3.05, 3.63) is 71.8 Å². The number of carbonyl (C=O) groups excluding carboxylic acids is 2. The molecule has 1 N–H and O–H groups in total. The minimum absolute atomic E-state index is 0.188. The molecule has 3 aromatic rings. The molecule has 1 fully saturated rings. The Kier molecular flexibility index (Phi) is 8.22. The zero-order chi connectivity index (χ0) is 24.2. The average Bonchev–Trinajstić information content (AvgIpc) is 3.06. The zero-order valence-electron chi connectivity index (χ0n) is 20.7. The van der Waals surface area contributed by atoms with Gasteiger partial charge in [-0.15, -0.1) is 0 Å². The van der Waals surface area contributed by atoms with Crippen LogP contribution in [0.5, 0.6) is 0 Å². The minimum atomic E-state index is -2.05. The van der Waals surface area contributed by atoms with Crippen molar-refractivity contribution in [2.75, 3.05) is 5.01 Å². The summed E-state index contributed by atoms with van der Waals surface area (Å²) in [6, 6.07) is 21.2. The van der Waals surface area contributed by atoms with Gasteiger partial charge >= 0.3 is 111 Å². The van der Waals surface area contributed by atoms with E-state index in [0.717, 1.165) is 5.69 Å². The average molecular weight is 551 g/mol. The molecule has 174 valence electrons. The maximum atomic E-state index is 11.9. The summed E-state index contributed by atoms with van der Waals surface area (Å²) in [5.74, 6) is -1.02. The van der Waals surface area contributed by atoms with Crippen LogP contribution in [0.4, 0.5) is 5.69 Å². The van der Waals surface area contributed by atoms with Gasteiger partial charge in [0, 0.05) is 0 Å². The Labute approximate surface area is 202 Å². The number of amides is 2. The van der Waals surface area contributed by atoms with Crippen molar-refractivity contribution in [2.45, 2.75) is 54.9 Å². The molecule has 1 unspecified atom stereocenters. The van der Waals surface area contributed by atoms with E-state index in [1.807, 2.05) is 12.1 Å². The van der Waals surface area contributed by atoms with Crippen LogP contribution in [0.25, 0.3) is 10.8 Å². The molecule has 1 saturated heterocycles. The fraction of sp³-hybridized carbons (Fsp3) is 0.357. The molecule has 4 rings (SSSR count). The Hall–Kier alpha value is -2.34. The third-order valence-corrected chi connectivity index (χ3v) is 12.1. The number of nitrogens with one attached hydrogen (secondary N) is 1. The monoisotopic (exact) mass is 552 g/mol. The number of hydrazine groups is 1. The molecule has 1 atom stereocenters. The molecule has 0 saturated carbocycles. The van der Waals surface area contributed by atoms with Gasteiger partial charge in [-0.05, 0) is 41.7 Å². The summed E-state index contributed by atoms with van der Waals surface area (Å²) in [6.07, 6.45) is 3.76. The van der Waals surface area contributed by atoms with Gasteiger partial charge in [-0.25, -0.2) is 0 Å². The van der Waals surface area contributed by atoms with Crippen LogP contribution >= 0.6 is 0 Å². The third kappa shape index (κ3) is 5.97. The Morgan fingerprint density at radius 1 is 0.909 bits per heavy atom. The fourth-order valence-electron chi connectivity index (χ4n) is 3.97. The molecule has 33 heavy (non-hydrogen) atoms. The van der Waals surface area contributed by atoms with E-state index in [-0.39, 0.29) is 11.8 Å². The summed E-state index contributed by atoms with van der Waals surface area (Å²) in [5, 5.41) is 4.19. The zero-order valence-corrected chi connectivity index (χ0v) is 23.6. The number of benzene rings is 3. The van der Waals surface area contributed by atoms with Gasteiger partial charge in [0.15, 0.2) is 0 Å². The van der Waals surface area contributed by atoms with E-state index in [1.165, 1.54) is 49.8 Å². The maximum Gasteiger partial charge on any atom is -0.0149 e. The van der Waals surface area contributed by atoms with E-state index in [4.69, 9.17) is 0 Å². The van der Waals surface area contributed by atoms with Crippen molar-refractivity contribution in [1.29, 1.82) is 0 Å². The smallest absolute Gasteiger partial charge is 0.0149 e. The summed E-state index contributed by atoms with van der Waals surface area (Å²) < 4.78 is 1.40. The van der Waals surface area contributed by atoms with Crippen LogP contribution in [0.3, 0.4) is 0 Å². The maximum absolute atomic E-state index is 11.9. The Morgan fingerprint density at radius 2 is 1.55 bits per heavy atom. The second kappa shape index (κ2) is 10.7. The van der Waals surface area contributed by atoms with Gasteiger partial charge < -0.3 is 0 Å². The molecule has 2 amide bonds. The summed E-state index contributed by atoms with van der Waals surface area (Å²) in [4.78, 5) is 30.3. The second-order valence-electron chi connectivity index (χ2n) is 9.86. The van der Waals surface area contributed by atoms with Gasteiger partial charge in [-0.3, -0.25) is 0 Å². The molecule has 4 nitrogen and oxygen atoms in total. The molecule has 0 aromatic heterocycles. The number of nitrogens with zero attached hydrogens (tertiary/aromatic N) is 1. The van der Waals surface area contributed by atoms with Crippen LogP contribution in [0.2, 0.25) is 14.8 Å². The molecular weight excluding hydrogens is 515 g/mol. The minimum Gasteiger partial charge on any atom is -0.0654 e. The predicted molar refractivity (Wildman–Crippen MR) is 142 cm³/mol. The predicted octanol–water partition coefficient (Wildman–Crippen LogP) is 5.74. The molecular formula is C28H36N2O2Sn. The van der Waals surface area contributed by atoms with Crippen LogP contribution in [-0.2, 0) is 16.0 Å².